The van der Waals surface area contributed by atoms with Crippen LogP contribution in [0.2, 0.25) is 0 Å². The van der Waals surface area contributed by atoms with Crippen LogP contribution in [-0.2, 0) is 17.8 Å². The Labute approximate surface area is 170 Å². The number of aromatic nitrogens is 3. The predicted octanol–water partition coefficient (Wildman–Crippen LogP) is 3.97. The average molecular weight is 382 g/mol. The first kappa shape index (κ1) is 18.6. The second-order valence-electron chi connectivity index (χ2n) is 6.75. The van der Waals surface area contributed by atoms with Crippen LogP contribution in [0.4, 0.5) is 0 Å². The molecule has 1 N–H and O–H groups in total. The van der Waals surface area contributed by atoms with Crippen LogP contribution in [0.5, 0.6) is 0 Å². The number of nitrogens with zero attached hydrogens (tertiary/aromatic N) is 3. The minimum absolute atomic E-state index is 0.0111. The summed E-state index contributed by atoms with van der Waals surface area (Å²) in [6.45, 7) is 1.18. The van der Waals surface area contributed by atoms with Gasteiger partial charge < -0.3 is 9.88 Å². The zero-order valence-electron chi connectivity index (χ0n) is 16.0. The maximum atomic E-state index is 12.3. The number of carbonyl (C=O) groups is 1. The molecule has 2 heterocycles. The summed E-state index contributed by atoms with van der Waals surface area (Å²) in [4.78, 5) is 21.0. The predicted molar refractivity (Wildman–Crippen MR) is 114 cm³/mol. The van der Waals surface area contributed by atoms with Crippen LogP contribution in [0, 0.1) is 0 Å². The lowest BCUT2D eigenvalue weighted by molar-refractivity contribution is -0.120. The van der Waals surface area contributed by atoms with Gasteiger partial charge in [0.05, 0.1) is 6.42 Å². The molecule has 0 saturated carbocycles. The molecule has 0 bridgehead atoms. The lowest BCUT2D eigenvalue weighted by Gasteiger charge is -2.09. The Kier molecular flexibility index (Phi) is 5.76. The Bertz CT molecular complexity index is 1060. The minimum atomic E-state index is 0.0111. The first-order chi connectivity index (χ1) is 14.3. The molecule has 1 amide bonds. The highest BCUT2D eigenvalue weighted by molar-refractivity contribution is 5.78. The fourth-order valence-electron chi connectivity index (χ4n) is 3.23. The van der Waals surface area contributed by atoms with Gasteiger partial charge in [0.2, 0.25) is 5.91 Å². The van der Waals surface area contributed by atoms with Crippen molar-refractivity contribution in [3.05, 3.63) is 97.0 Å². The Morgan fingerprint density at radius 1 is 0.828 bits per heavy atom. The van der Waals surface area contributed by atoms with E-state index < -0.39 is 0 Å². The van der Waals surface area contributed by atoms with Gasteiger partial charge in [0, 0.05) is 31.7 Å². The van der Waals surface area contributed by atoms with Gasteiger partial charge in [-0.1, -0.05) is 60.7 Å². The first-order valence-electron chi connectivity index (χ1n) is 9.63. The molecule has 5 nitrogen and oxygen atoms in total. The van der Waals surface area contributed by atoms with E-state index in [1.807, 2.05) is 59.3 Å². The van der Waals surface area contributed by atoms with Crippen molar-refractivity contribution in [2.45, 2.75) is 13.0 Å². The number of rotatable bonds is 7. The van der Waals surface area contributed by atoms with Gasteiger partial charge in [0.1, 0.15) is 5.69 Å². The molecular weight excluding hydrogens is 360 g/mol. The Morgan fingerprint density at radius 3 is 2.34 bits per heavy atom. The van der Waals surface area contributed by atoms with Gasteiger partial charge in [-0.15, -0.1) is 0 Å². The normalized spacial score (nSPS) is 10.6. The quantitative estimate of drug-likeness (QED) is 0.526. The van der Waals surface area contributed by atoms with Crippen molar-refractivity contribution in [3.63, 3.8) is 0 Å². The van der Waals surface area contributed by atoms with Gasteiger partial charge in [-0.05, 0) is 28.8 Å². The van der Waals surface area contributed by atoms with E-state index >= 15 is 0 Å². The van der Waals surface area contributed by atoms with Crippen molar-refractivity contribution in [3.8, 4) is 22.6 Å². The zero-order chi connectivity index (χ0) is 19.9. The average Bonchev–Trinajstić information content (AvgIpc) is 3.24. The minimum Gasteiger partial charge on any atom is -0.354 e. The number of hydrogen-bond acceptors (Lipinski definition) is 3. The third-order valence-corrected chi connectivity index (χ3v) is 4.71. The van der Waals surface area contributed by atoms with Crippen molar-refractivity contribution in [1.82, 2.24) is 19.9 Å². The van der Waals surface area contributed by atoms with E-state index in [0.717, 1.165) is 22.6 Å². The highest BCUT2D eigenvalue weighted by atomic mass is 16.1. The van der Waals surface area contributed by atoms with Gasteiger partial charge in [-0.3, -0.25) is 9.78 Å². The summed E-state index contributed by atoms with van der Waals surface area (Å²) in [5.74, 6) is 0.813. The van der Waals surface area contributed by atoms with E-state index in [2.05, 4.69) is 39.6 Å². The van der Waals surface area contributed by atoms with Crippen LogP contribution >= 0.6 is 0 Å². The SMILES string of the molecule is O=C(Cc1ccc(-c2ccccc2)cc1)NCCn1ccnc1-c1ccccn1. The number of benzene rings is 2. The molecule has 29 heavy (non-hydrogen) atoms. The van der Waals surface area contributed by atoms with E-state index in [1.54, 1.807) is 12.4 Å². The first-order valence-corrected chi connectivity index (χ1v) is 9.63. The molecule has 0 saturated heterocycles. The summed E-state index contributed by atoms with van der Waals surface area (Å²) >= 11 is 0. The highest BCUT2D eigenvalue weighted by Crippen LogP contribution is 2.19. The maximum absolute atomic E-state index is 12.3. The molecule has 0 radical (unpaired) electrons. The Morgan fingerprint density at radius 2 is 1.59 bits per heavy atom. The molecular formula is C24H22N4O. The molecule has 0 spiro atoms. The van der Waals surface area contributed by atoms with Crippen LogP contribution < -0.4 is 5.32 Å². The number of carbonyl (C=O) groups excluding carboxylic acids is 1. The van der Waals surface area contributed by atoms with Crippen LogP contribution in [0.25, 0.3) is 22.6 Å². The van der Waals surface area contributed by atoms with E-state index in [0.29, 0.717) is 19.5 Å². The van der Waals surface area contributed by atoms with Gasteiger partial charge in [0.25, 0.3) is 0 Å². The largest absolute Gasteiger partial charge is 0.354 e. The summed E-state index contributed by atoms with van der Waals surface area (Å²) in [6, 6.07) is 24.1. The van der Waals surface area contributed by atoms with E-state index in [1.165, 1.54) is 5.56 Å². The molecule has 0 aliphatic carbocycles. The topological polar surface area (TPSA) is 59.8 Å². The lowest BCUT2D eigenvalue weighted by atomic mass is 10.0. The molecule has 0 atom stereocenters. The molecule has 0 unspecified atom stereocenters. The summed E-state index contributed by atoms with van der Waals surface area (Å²) in [5.41, 5.74) is 4.14. The lowest BCUT2D eigenvalue weighted by Crippen LogP contribution is -2.28. The Balaban J connectivity index is 1.30. The molecule has 0 fully saturated rings. The molecule has 2 aromatic carbocycles. The Hall–Kier alpha value is -3.73. The summed E-state index contributed by atoms with van der Waals surface area (Å²) < 4.78 is 2.00. The van der Waals surface area contributed by atoms with Crippen molar-refractivity contribution in [2.75, 3.05) is 6.54 Å². The molecule has 4 aromatic rings. The highest BCUT2D eigenvalue weighted by Gasteiger charge is 2.08. The van der Waals surface area contributed by atoms with Crippen LogP contribution in [0.1, 0.15) is 5.56 Å². The van der Waals surface area contributed by atoms with Crippen molar-refractivity contribution < 1.29 is 4.79 Å². The van der Waals surface area contributed by atoms with E-state index in [9.17, 15) is 4.79 Å². The maximum Gasteiger partial charge on any atom is 0.224 e. The number of hydrogen-bond donors (Lipinski definition) is 1. The third kappa shape index (κ3) is 4.76. The van der Waals surface area contributed by atoms with Crippen LogP contribution in [0.15, 0.2) is 91.4 Å². The van der Waals surface area contributed by atoms with Crippen molar-refractivity contribution in [1.29, 1.82) is 0 Å². The fourth-order valence-corrected chi connectivity index (χ4v) is 3.23. The van der Waals surface area contributed by atoms with Gasteiger partial charge >= 0.3 is 0 Å². The fraction of sp³-hybridized carbons (Fsp3) is 0.125. The summed E-state index contributed by atoms with van der Waals surface area (Å²) in [7, 11) is 0. The number of imidazole rings is 1. The third-order valence-electron chi connectivity index (χ3n) is 4.71. The molecule has 2 aromatic heterocycles. The van der Waals surface area contributed by atoms with Gasteiger partial charge in [-0.25, -0.2) is 4.98 Å². The number of pyridine rings is 1. The van der Waals surface area contributed by atoms with E-state index in [-0.39, 0.29) is 5.91 Å². The monoisotopic (exact) mass is 382 g/mol. The van der Waals surface area contributed by atoms with Gasteiger partial charge in [-0.2, -0.15) is 0 Å². The van der Waals surface area contributed by atoms with Crippen LogP contribution in [0.3, 0.4) is 0 Å². The van der Waals surface area contributed by atoms with Crippen LogP contribution in [-0.4, -0.2) is 27.0 Å². The second-order valence-corrected chi connectivity index (χ2v) is 6.75. The second kappa shape index (κ2) is 8.97. The number of nitrogens with one attached hydrogen (secondary N) is 1. The molecule has 5 heteroatoms. The molecule has 144 valence electrons. The van der Waals surface area contributed by atoms with Crippen molar-refractivity contribution in [2.24, 2.45) is 0 Å². The van der Waals surface area contributed by atoms with Gasteiger partial charge in [0.15, 0.2) is 5.82 Å². The standard InChI is InChI=1S/C24H22N4O/c29-23(18-19-9-11-21(12-10-19)20-6-2-1-3-7-20)26-14-16-28-17-15-27-24(28)22-8-4-5-13-25-22/h1-13,15,17H,14,16,18H2,(H,26,29). The molecule has 0 aliphatic heterocycles. The molecule has 4 rings (SSSR count). The summed E-state index contributed by atoms with van der Waals surface area (Å²) in [5, 5.41) is 2.99. The zero-order valence-corrected chi connectivity index (χ0v) is 16.0. The number of amides is 1. The van der Waals surface area contributed by atoms with E-state index in [4.69, 9.17) is 0 Å². The van der Waals surface area contributed by atoms with Crippen molar-refractivity contribution >= 4 is 5.91 Å². The smallest absolute Gasteiger partial charge is 0.224 e. The summed E-state index contributed by atoms with van der Waals surface area (Å²) in [6.07, 6.45) is 5.77. The molecule has 0 aliphatic rings.